The predicted octanol–water partition coefficient (Wildman–Crippen LogP) is 3.62. The quantitative estimate of drug-likeness (QED) is 0.785. The molecule has 17 heavy (non-hydrogen) atoms. The molecule has 2 aromatic rings. The zero-order chi connectivity index (χ0) is 12.6. The Balaban J connectivity index is 2.48. The number of aliphatic hydroxyl groups excluding tert-OH is 1. The normalized spacial score (nSPS) is 13.9. The number of benzene rings is 2. The molecule has 0 aliphatic heterocycles. The van der Waals surface area contributed by atoms with Gasteiger partial charge in [-0.3, -0.25) is 0 Å². The molecular weight excluding hydrogens is 212 g/mol. The molecule has 2 aromatic carbocycles. The Bertz CT molecular complexity index is 538. The summed E-state index contributed by atoms with van der Waals surface area (Å²) in [6, 6.07) is 11.1. The number of phenolic OH excluding ortho intramolecular Hbond substituents is 1. The Morgan fingerprint density at radius 3 is 2.18 bits per heavy atom. The molecule has 2 rings (SSSR count). The van der Waals surface area contributed by atoms with Gasteiger partial charge in [0, 0.05) is 0 Å². The van der Waals surface area contributed by atoms with Gasteiger partial charge in [-0.15, -0.1) is 0 Å². The largest absolute Gasteiger partial charge is 0.508 e. The van der Waals surface area contributed by atoms with Gasteiger partial charge >= 0.3 is 0 Å². The van der Waals surface area contributed by atoms with Crippen LogP contribution in [0.25, 0.3) is 10.8 Å². The summed E-state index contributed by atoms with van der Waals surface area (Å²) in [5, 5.41) is 21.6. The smallest absolute Gasteiger partial charge is 0.116 e. The summed E-state index contributed by atoms with van der Waals surface area (Å²) in [7, 11) is 0. The molecule has 0 aliphatic rings. The zero-order valence-corrected chi connectivity index (χ0v) is 10.4. The van der Waals surface area contributed by atoms with Crippen molar-refractivity contribution in [3.8, 4) is 5.75 Å². The van der Waals surface area contributed by atoms with E-state index < -0.39 is 6.10 Å². The van der Waals surface area contributed by atoms with Crippen LogP contribution in [0.5, 0.6) is 5.75 Å². The van der Waals surface area contributed by atoms with Crippen LogP contribution >= 0.6 is 0 Å². The summed E-state index contributed by atoms with van der Waals surface area (Å²) in [5.41, 5.74) is 0.737. The fourth-order valence-electron chi connectivity index (χ4n) is 1.92. The van der Waals surface area contributed by atoms with Crippen molar-refractivity contribution in [3.63, 3.8) is 0 Å². The van der Waals surface area contributed by atoms with Gasteiger partial charge in [0.1, 0.15) is 5.75 Å². The Labute approximate surface area is 102 Å². The number of fused-ring (bicyclic) bond motifs is 1. The van der Waals surface area contributed by atoms with Gasteiger partial charge in [0.25, 0.3) is 0 Å². The second-order valence-corrected chi connectivity index (χ2v) is 5.56. The molecule has 0 bridgehead atoms. The summed E-state index contributed by atoms with van der Waals surface area (Å²) in [4.78, 5) is 0. The molecule has 1 atom stereocenters. The second kappa shape index (κ2) is 4.04. The predicted molar refractivity (Wildman–Crippen MR) is 70.0 cm³/mol. The van der Waals surface area contributed by atoms with E-state index in [2.05, 4.69) is 0 Å². The monoisotopic (exact) mass is 230 g/mol. The van der Waals surface area contributed by atoms with Crippen LogP contribution in [0.1, 0.15) is 32.4 Å². The highest BCUT2D eigenvalue weighted by molar-refractivity contribution is 5.84. The number of phenols is 1. The Hall–Kier alpha value is -1.54. The van der Waals surface area contributed by atoms with Crippen molar-refractivity contribution in [2.75, 3.05) is 0 Å². The summed E-state index contributed by atoms with van der Waals surface area (Å²) in [6.45, 7) is 6.04. The lowest BCUT2D eigenvalue weighted by molar-refractivity contribution is 0.0628. The second-order valence-electron chi connectivity index (χ2n) is 5.56. The van der Waals surface area contributed by atoms with Crippen LogP contribution < -0.4 is 0 Å². The number of aromatic hydroxyl groups is 1. The van der Waals surface area contributed by atoms with Crippen LogP contribution in [0.3, 0.4) is 0 Å². The van der Waals surface area contributed by atoms with E-state index in [0.717, 1.165) is 16.3 Å². The van der Waals surface area contributed by atoms with E-state index in [0.29, 0.717) is 0 Å². The molecule has 0 saturated heterocycles. The molecule has 2 heteroatoms. The summed E-state index contributed by atoms with van der Waals surface area (Å²) in [5.74, 6) is 0.265. The minimum Gasteiger partial charge on any atom is -0.508 e. The summed E-state index contributed by atoms with van der Waals surface area (Å²) >= 11 is 0. The average molecular weight is 230 g/mol. The minimum atomic E-state index is -0.485. The molecule has 2 nitrogen and oxygen atoms in total. The third-order valence-electron chi connectivity index (χ3n) is 2.98. The Morgan fingerprint density at radius 2 is 1.53 bits per heavy atom. The minimum absolute atomic E-state index is 0.176. The average Bonchev–Trinajstić information content (AvgIpc) is 2.26. The van der Waals surface area contributed by atoms with Gasteiger partial charge in [-0.1, -0.05) is 39.0 Å². The van der Waals surface area contributed by atoms with E-state index in [4.69, 9.17) is 0 Å². The van der Waals surface area contributed by atoms with Gasteiger partial charge in [0.05, 0.1) is 6.10 Å². The van der Waals surface area contributed by atoms with Crippen LogP contribution in [0.2, 0.25) is 0 Å². The van der Waals surface area contributed by atoms with Gasteiger partial charge in [0.2, 0.25) is 0 Å². The molecular formula is C15H18O2. The van der Waals surface area contributed by atoms with Crippen molar-refractivity contribution in [3.05, 3.63) is 42.0 Å². The molecule has 2 N–H and O–H groups in total. The van der Waals surface area contributed by atoms with Crippen molar-refractivity contribution in [2.45, 2.75) is 26.9 Å². The van der Waals surface area contributed by atoms with Crippen molar-refractivity contribution in [1.82, 2.24) is 0 Å². The van der Waals surface area contributed by atoms with Gasteiger partial charge in [-0.05, 0) is 39.9 Å². The number of hydrogen-bond acceptors (Lipinski definition) is 2. The first-order valence-electron chi connectivity index (χ1n) is 5.79. The van der Waals surface area contributed by atoms with Crippen molar-refractivity contribution >= 4 is 10.8 Å². The van der Waals surface area contributed by atoms with Gasteiger partial charge < -0.3 is 10.2 Å². The highest BCUT2D eigenvalue weighted by atomic mass is 16.3. The summed E-state index contributed by atoms with van der Waals surface area (Å²) < 4.78 is 0. The molecule has 0 spiro atoms. The maximum atomic E-state index is 10.2. The molecule has 0 saturated carbocycles. The van der Waals surface area contributed by atoms with Crippen LogP contribution in [0, 0.1) is 5.41 Å². The molecule has 1 unspecified atom stereocenters. The summed E-state index contributed by atoms with van der Waals surface area (Å²) in [6.07, 6.45) is -0.485. The van der Waals surface area contributed by atoms with Crippen molar-refractivity contribution in [1.29, 1.82) is 0 Å². The molecule has 0 aromatic heterocycles. The fourth-order valence-corrected chi connectivity index (χ4v) is 1.92. The topological polar surface area (TPSA) is 40.5 Å². The maximum Gasteiger partial charge on any atom is 0.116 e. The van der Waals surface area contributed by atoms with E-state index in [9.17, 15) is 10.2 Å². The lowest BCUT2D eigenvalue weighted by Gasteiger charge is -2.26. The third-order valence-corrected chi connectivity index (χ3v) is 2.98. The number of hydrogen-bond donors (Lipinski definition) is 2. The highest BCUT2D eigenvalue weighted by Crippen LogP contribution is 2.34. The first-order chi connectivity index (χ1) is 7.88. The zero-order valence-electron chi connectivity index (χ0n) is 10.4. The van der Waals surface area contributed by atoms with Gasteiger partial charge in [0.15, 0.2) is 0 Å². The molecule has 0 aliphatic carbocycles. The van der Waals surface area contributed by atoms with E-state index >= 15 is 0 Å². The lowest BCUT2D eigenvalue weighted by Crippen LogP contribution is -2.17. The van der Waals surface area contributed by atoms with Crippen LogP contribution in [-0.4, -0.2) is 10.2 Å². The first-order valence-corrected chi connectivity index (χ1v) is 5.79. The van der Waals surface area contributed by atoms with Gasteiger partial charge in [-0.25, -0.2) is 0 Å². The molecule has 0 fully saturated rings. The van der Waals surface area contributed by atoms with Crippen molar-refractivity contribution in [2.24, 2.45) is 5.41 Å². The van der Waals surface area contributed by atoms with Crippen LogP contribution in [-0.2, 0) is 0 Å². The molecule has 0 radical (unpaired) electrons. The van der Waals surface area contributed by atoms with E-state index in [1.165, 1.54) is 0 Å². The highest BCUT2D eigenvalue weighted by Gasteiger charge is 2.23. The maximum absolute atomic E-state index is 10.2. The molecule has 0 heterocycles. The molecule has 0 amide bonds. The van der Waals surface area contributed by atoms with E-state index in [1.54, 1.807) is 12.1 Å². The van der Waals surface area contributed by atoms with E-state index in [1.807, 2.05) is 45.0 Å². The lowest BCUT2D eigenvalue weighted by atomic mass is 9.84. The van der Waals surface area contributed by atoms with E-state index in [-0.39, 0.29) is 11.2 Å². The number of rotatable bonds is 1. The number of aliphatic hydroxyl groups is 1. The Morgan fingerprint density at radius 1 is 0.941 bits per heavy atom. The first kappa shape index (κ1) is 11.9. The fraction of sp³-hybridized carbons (Fsp3) is 0.333. The standard InChI is InChI=1S/C15H18O2/c1-15(2,3)14(17)12-5-4-11-9-13(16)7-6-10(11)8-12/h4-9,14,16-17H,1-3H3. The molecule has 90 valence electrons. The van der Waals surface area contributed by atoms with Crippen LogP contribution in [0.15, 0.2) is 36.4 Å². The third kappa shape index (κ3) is 2.42. The van der Waals surface area contributed by atoms with Gasteiger partial charge in [-0.2, -0.15) is 0 Å². The Kier molecular flexibility index (Phi) is 2.84. The van der Waals surface area contributed by atoms with Crippen LogP contribution in [0.4, 0.5) is 0 Å². The SMILES string of the molecule is CC(C)(C)C(O)c1ccc2cc(O)ccc2c1. The van der Waals surface area contributed by atoms with Crippen molar-refractivity contribution < 1.29 is 10.2 Å².